The molecule has 1 saturated heterocycles. The second-order valence-electron chi connectivity index (χ2n) is 8.91. The van der Waals surface area contributed by atoms with Crippen LogP contribution in [0.3, 0.4) is 0 Å². The zero-order chi connectivity index (χ0) is 16.2. The molecule has 0 spiro atoms. The van der Waals surface area contributed by atoms with E-state index in [1.807, 2.05) is 0 Å². The minimum Gasteiger partial charge on any atom is -0.340 e. The van der Waals surface area contributed by atoms with Crippen LogP contribution in [0.4, 0.5) is 0 Å². The first-order valence-corrected chi connectivity index (χ1v) is 9.27. The van der Waals surface area contributed by atoms with E-state index in [1.54, 1.807) is 0 Å². The molecule has 2 aliphatic carbocycles. The van der Waals surface area contributed by atoms with Gasteiger partial charge < -0.3 is 9.47 Å². The third kappa shape index (κ3) is 2.47. The lowest BCUT2D eigenvalue weighted by Gasteiger charge is -2.39. The van der Waals surface area contributed by atoms with E-state index in [2.05, 4.69) is 53.7 Å². The Morgan fingerprint density at radius 1 is 1.18 bits per heavy atom. The van der Waals surface area contributed by atoms with E-state index < -0.39 is 5.79 Å². The molecule has 2 heteroatoms. The van der Waals surface area contributed by atoms with Crippen molar-refractivity contribution in [2.75, 3.05) is 0 Å². The molecular weight excluding hydrogens is 272 g/mol. The van der Waals surface area contributed by atoms with Gasteiger partial charge in [-0.25, -0.2) is 0 Å². The zero-order valence-electron chi connectivity index (χ0n) is 15.3. The molecule has 3 aliphatic rings. The lowest BCUT2D eigenvalue weighted by atomic mass is 9.69. The first-order valence-electron chi connectivity index (χ1n) is 9.27. The first-order chi connectivity index (χ1) is 10.3. The average molecular weight is 306 g/mol. The largest absolute Gasteiger partial charge is 0.340 e. The number of fused-ring (bicyclic) bond motifs is 2. The number of rotatable bonds is 2. The van der Waals surface area contributed by atoms with Crippen LogP contribution in [0.25, 0.3) is 0 Å². The zero-order valence-corrected chi connectivity index (χ0v) is 15.3. The van der Waals surface area contributed by atoms with Gasteiger partial charge in [-0.1, -0.05) is 40.2 Å². The van der Waals surface area contributed by atoms with Gasteiger partial charge in [0.2, 0.25) is 0 Å². The minimum atomic E-state index is -0.501. The summed E-state index contributed by atoms with van der Waals surface area (Å²) in [6, 6.07) is 0. The van der Waals surface area contributed by atoms with Crippen LogP contribution in [-0.2, 0) is 9.47 Å². The molecular formula is C20H34O2. The predicted molar refractivity (Wildman–Crippen MR) is 90.6 cm³/mol. The minimum absolute atomic E-state index is 0.150. The van der Waals surface area contributed by atoms with Crippen molar-refractivity contribution < 1.29 is 9.47 Å². The van der Waals surface area contributed by atoms with E-state index in [9.17, 15) is 0 Å². The van der Waals surface area contributed by atoms with Crippen molar-refractivity contribution in [1.82, 2.24) is 0 Å². The molecule has 126 valence electrons. The van der Waals surface area contributed by atoms with E-state index in [1.165, 1.54) is 19.3 Å². The smallest absolute Gasteiger partial charge is 0.188 e. The first kappa shape index (κ1) is 16.5. The molecule has 0 bridgehead atoms. The summed E-state index contributed by atoms with van der Waals surface area (Å²) >= 11 is 0. The van der Waals surface area contributed by atoms with Gasteiger partial charge in [-0.15, -0.1) is 0 Å². The van der Waals surface area contributed by atoms with Gasteiger partial charge in [0.05, 0.1) is 11.7 Å². The standard InChI is InChI=1S/C20H34O2/c1-7-11-20(8-2)21-17-12-15-14(3)9-10-16(15)18(4,5)13-19(17,6)22-20/h7,11,14-17H,8-10,12-13H2,1-6H3/b11-7+/t14-,15?,16-,17+,19-,20+/m1/s1. The van der Waals surface area contributed by atoms with Gasteiger partial charge in [0.1, 0.15) is 0 Å². The summed E-state index contributed by atoms with van der Waals surface area (Å²) in [5.41, 5.74) is 0.186. The molecule has 2 saturated carbocycles. The fourth-order valence-electron chi connectivity index (χ4n) is 5.81. The van der Waals surface area contributed by atoms with Gasteiger partial charge in [0.25, 0.3) is 0 Å². The topological polar surface area (TPSA) is 18.5 Å². The molecule has 22 heavy (non-hydrogen) atoms. The molecule has 1 heterocycles. The Kier molecular flexibility index (Phi) is 4.01. The van der Waals surface area contributed by atoms with Gasteiger partial charge >= 0.3 is 0 Å². The summed E-state index contributed by atoms with van der Waals surface area (Å²) in [5, 5.41) is 0. The van der Waals surface area contributed by atoms with Crippen LogP contribution in [-0.4, -0.2) is 17.5 Å². The van der Waals surface area contributed by atoms with E-state index in [0.29, 0.717) is 5.41 Å². The molecule has 3 rings (SSSR count). The second-order valence-corrected chi connectivity index (χ2v) is 8.91. The summed E-state index contributed by atoms with van der Waals surface area (Å²) in [6.45, 7) is 13.9. The van der Waals surface area contributed by atoms with Crippen LogP contribution in [0, 0.1) is 23.2 Å². The lowest BCUT2D eigenvalue weighted by molar-refractivity contribution is -0.162. The van der Waals surface area contributed by atoms with Crippen LogP contribution in [0.15, 0.2) is 12.2 Å². The van der Waals surface area contributed by atoms with Crippen LogP contribution in [0.1, 0.15) is 73.6 Å². The normalized spacial score (nSPS) is 50.8. The molecule has 0 aromatic heterocycles. The van der Waals surface area contributed by atoms with Crippen molar-refractivity contribution in [3.05, 3.63) is 12.2 Å². The summed E-state index contributed by atoms with van der Waals surface area (Å²) in [4.78, 5) is 0. The van der Waals surface area contributed by atoms with Gasteiger partial charge in [0.15, 0.2) is 5.79 Å². The molecule has 0 amide bonds. The summed E-state index contributed by atoms with van der Waals surface area (Å²) < 4.78 is 13.2. The molecule has 1 unspecified atom stereocenters. The maximum absolute atomic E-state index is 6.64. The highest BCUT2D eigenvalue weighted by molar-refractivity contribution is 5.10. The van der Waals surface area contributed by atoms with E-state index >= 15 is 0 Å². The molecule has 3 fully saturated rings. The third-order valence-electron chi connectivity index (χ3n) is 6.82. The van der Waals surface area contributed by atoms with Gasteiger partial charge in [0, 0.05) is 6.42 Å². The summed E-state index contributed by atoms with van der Waals surface area (Å²) in [5.74, 6) is 1.95. The molecule has 0 N–H and O–H groups in total. The monoisotopic (exact) mass is 306 g/mol. The molecule has 2 nitrogen and oxygen atoms in total. The second kappa shape index (κ2) is 5.34. The Balaban J connectivity index is 1.94. The molecule has 0 aromatic rings. The van der Waals surface area contributed by atoms with Gasteiger partial charge in [-0.3, -0.25) is 0 Å². The van der Waals surface area contributed by atoms with Gasteiger partial charge in [-0.2, -0.15) is 0 Å². The van der Waals surface area contributed by atoms with Gasteiger partial charge in [-0.05, 0) is 62.4 Å². The summed E-state index contributed by atoms with van der Waals surface area (Å²) in [7, 11) is 0. The van der Waals surface area contributed by atoms with Crippen molar-refractivity contribution in [1.29, 1.82) is 0 Å². The van der Waals surface area contributed by atoms with E-state index in [4.69, 9.17) is 9.47 Å². The van der Waals surface area contributed by atoms with Crippen LogP contribution < -0.4 is 0 Å². The number of hydrogen-bond acceptors (Lipinski definition) is 2. The average Bonchev–Trinajstić information content (AvgIpc) is 2.88. The Morgan fingerprint density at radius 3 is 2.55 bits per heavy atom. The lowest BCUT2D eigenvalue weighted by Crippen LogP contribution is -2.40. The van der Waals surface area contributed by atoms with Crippen molar-refractivity contribution >= 4 is 0 Å². The van der Waals surface area contributed by atoms with Crippen LogP contribution in [0.5, 0.6) is 0 Å². The fraction of sp³-hybridized carbons (Fsp3) is 0.900. The highest BCUT2D eigenvalue weighted by Crippen LogP contribution is 2.59. The summed E-state index contributed by atoms with van der Waals surface area (Å²) in [6.07, 6.45) is 10.4. The Labute approximate surface area is 136 Å². The molecule has 0 aromatic carbocycles. The SMILES string of the molecule is C/C=C/[C@@]1(CC)O[C@H]2CC3[C@H](C)CC[C@H]3C(C)(C)C[C@@]2(C)O1. The highest BCUT2D eigenvalue weighted by atomic mass is 16.8. The van der Waals surface area contributed by atoms with Crippen LogP contribution >= 0.6 is 0 Å². The van der Waals surface area contributed by atoms with Crippen molar-refractivity contribution in [2.24, 2.45) is 23.2 Å². The number of hydrogen-bond donors (Lipinski definition) is 0. The quantitative estimate of drug-likeness (QED) is 0.642. The van der Waals surface area contributed by atoms with E-state index in [0.717, 1.165) is 30.6 Å². The van der Waals surface area contributed by atoms with Crippen LogP contribution in [0.2, 0.25) is 0 Å². The molecule has 0 radical (unpaired) electrons. The predicted octanol–water partition coefficient (Wildman–Crippen LogP) is 5.33. The maximum atomic E-state index is 6.64. The maximum Gasteiger partial charge on any atom is 0.188 e. The number of ether oxygens (including phenoxy) is 2. The fourth-order valence-corrected chi connectivity index (χ4v) is 5.81. The van der Waals surface area contributed by atoms with Crippen molar-refractivity contribution in [2.45, 2.75) is 91.1 Å². The third-order valence-corrected chi connectivity index (χ3v) is 6.82. The Hall–Kier alpha value is -0.340. The number of allylic oxidation sites excluding steroid dienone is 1. The van der Waals surface area contributed by atoms with Crippen molar-refractivity contribution in [3.63, 3.8) is 0 Å². The van der Waals surface area contributed by atoms with Crippen molar-refractivity contribution in [3.8, 4) is 0 Å². The Morgan fingerprint density at radius 2 is 1.91 bits per heavy atom. The Bertz CT molecular complexity index is 455. The van der Waals surface area contributed by atoms with E-state index in [-0.39, 0.29) is 11.7 Å². The highest BCUT2D eigenvalue weighted by Gasteiger charge is 2.59. The molecule has 6 atom stereocenters. The molecule has 1 aliphatic heterocycles.